The molecule has 3 heterocycles. The third-order valence-corrected chi connectivity index (χ3v) is 4.45. The number of nitrogens with zero attached hydrogens (tertiary/aromatic N) is 5. The molecule has 1 aromatic carbocycles. The van der Waals surface area contributed by atoms with Crippen molar-refractivity contribution in [1.82, 2.24) is 25.2 Å². The number of aromatic nitrogens is 5. The van der Waals surface area contributed by atoms with Crippen molar-refractivity contribution in [2.24, 2.45) is 0 Å². The van der Waals surface area contributed by atoms with E-state index in [9.17, 15) is 4.79 Å². The van der Waals surface area contributed by atoms with Gasteiger partial charge in [-0.2, -0.15) is 4.68 Å². The highest BCUT2D eigenvalue weighted by Crippen LogP contribution is 2.34. The van der Waals surface area contributed by atoms with E-state index in [-0.39, 0.29) is 18.5 Å². The van der Waals surface area contributed by atoms with E-state index in [4.69, 9.17) is 9.47 Å². The van der Waals surface area contributed by atoms with Gasteiger partial charge in [-0.15, -0.1) is 5.10 Å². The van der Waals surface area contributed by atoms with E-state index >= 15 is 0 Å². The summed E-state index contributed by atoms with van der Waals surface area (Å²) in [6.07, 6.45) is 0. The summed E-state index contributed by atoms with van der Waals surface area (Å²) in [5.41, 5.74) is 1.56. The van der Waals surface area contributed by atoms with Gasteiger partial charge in [0.05, 0.1) is 11.4 Å². The van der Waals surface area contributed by atoms with Crippen LogP contribution in [0.15, 0.2) is 41.6 Å². The van der Waals surface area contributed by atoms with E-state index in [1.54, 1.807) is 22.9 Å². The summed E-state index contributed by atoms with van der Waals surface area (Å²) in [5, 5.41) is 14.9. The molecule has 1 aliphatic heterocycles. The Morgan fingerprint density at radius 2 is 2.15 bits per heavy atom. The molecule has 26 heavy (non-hydrogen) atoms. The Balaban J connectivity index is 1.43. The highest BCUT2D eigenvalue weighted by atomic mass is 32.2. The standard InChI is InChI=1S/C16H14N6O3S/c1-10-3-2-4-14(17-10)18-15(23)8-26-16-19-20-21-22(16)11-5-6-12-13(7-11)25-9-24-12/h2-7H,8-9H2,1H3,(H,17,18,23). The van der Waals surface area contributed by atoms with Crippen molar-refractivity contribution in [3.05, 3.63) is 42.1 Å². The third-order valence-electron chi connectivity index (χ3n) is 3.53. The highest BCUT2D eigenvalue weighted by Gasteiger charge is 2.17. The van der Waals surface area contributed by atoms with Crippen molar-refractivity contribution in [1.29, 1.82) is 0 Å². The Kier molecular flexibility index (Phi) is 4.40. The molecule has 0 atom stereocenters. The van der Waals surface area contributed by atoms with E-state index in [0.717, 1.165) is 11.4 Å². The molecule has 0 fully saturated rings. The predicted molar refractivity (Wildman–Crippen MR) is 93.6 cm³/mol. The summed E-state index contributed by atoms with van der Waals surface area (Å²) in [5.74, 6) is 1.80. The van der Waals surface area contributed by atoms with Gasteiger partial charge in [0.15, 0.2) is 11.5 Å². The van der Waals surface area contributed by atoms with Crippen LogP contribution in [0.25, 0.3) is 5.69 Å². The topological polar surface area (TPSA) is 104 Å². The quantitative estimate of drug-likeness (QED) is 0.678. The molecular formula is C16H14N6O3S. The molecule has 9 nitrogen and oxygen atoms in total. The van der Waals surface area contributed by atoms with E-state index < -0.39 is 0 Å². The molecule has 132 valence electrons. The average Bonchev–Trinajstić information content (AvgIpc) is 3.28. The number of amides is 1. The first-order valence-electron chi connectivity index (χ1n) is 7.74. The zero-order valence-corrected chi connectivity index (χ0v) is 14.6. The van der Waals surface area contributed by atoms with Crippen LogP contribution in [-0.2, 0) is 4.79 Å². The molecule has 1 amide bonds. The van der Waals surface area contributed by atoms with Crippen molar-refractivity contribution in [3.63, 3.8) is 0 Å². The molecule has 1 aliphatic rings. The number of aryl methyl sites for hydroxylation is 1. The second-order valence-electron chi connectivity index (χ2n) is 5.41. The number of hydrogen-bond acceptors (Lipinski definition) is 8. The van der Waals surface area contributed by atoms with Gasteiger partial charge in [-0.25, -0.2) is 4.98 Å². The Labute approximate surface area is 152 Å². The number of thioether (sulfide) groups is 1. The monoisotopic (exact) mass is 370 g/mol. The van der Waals surface area contributed by atoms with Gasteiger partial charge >= 0.3 is 0 Å². The molecule has 0 saturated heterocycles. The minimum atomic E-state index is -0.187. The molecular weight excluding hydrogens is 356 g/mol. The number of benzene rings is 1. The normalized spacial score (nSPS) is 12.2. The number of hydrogen-bond donors (Lipinski definition) is 1. The van der Waals surface area contributed by atoms with Crippen molar-refractivity contribution in [2.75, 3.05) is 17.9 Å². The Bertz CT molecular complexity index is 961. The van der Waals surface area contributed by atoms with Gasteiger partial charge in [0, 0.05) is 11.8 Å². The Hall–Kier alpha value is -3.14. The molecule has 0 spiro atoms. The minimum absolute atomic E-state index is 0.153. The molecule has 3 aromatic rings. The van der Waals surface area contributed by atoms with Crippen LogP contribution in [0.1, 0.15) is 5.69 Å². The van der Waals surface area contributed by atoms with Gasteiger partial charge in [-0.05, 0) is 41.6 Å². The van der Waals surface area contributed by atoms with E-state index in [2.05, 4.69) is 25.8 Å². The van der Waals surface area contributed by atoms with Crippen LogP contribution < -0.4 is 14.8 Å². The van der Waals surface area contributed by atoms with E-state index in [0.29, 0.717) is 22.5 Å². The van der Waals surface area contributed by atoms with E-state index in [1.165, 1.54) is 11.8 Å². The van der Waals surface area contributed by atoms with Crippen LogP contribution in [0.2, 0.25) is 0 Å². The zero-order chi connectivity index (χ0) is 17.9. The number of fused-ring (bicyclic) bond motifs is 1. The minimum Gasteiger partial charge on any atom is -0.454 e. The molecule has 1 N–H and O–H groups in total. The van der Waals surface area contributed by atoms with Gasteiger partial charge in [-0.3, -0.25) is 4.79 Å². The molecule has 0 radical (unpaired) electrons. The summed E-state index contributed by atoms with van der Waals surface area (Å²) >= 11 is 1.23. The predicted octanol–water partition coefficient (Wildman–Crippen LogP) is 1.83. The van der Waals surface area contributed by atoms with Crippen molar-refractivity contribution >= 4 is 23.5 Å². The molecule has 0 aliphatic carbocycles. The molecule has 0 bridgehead atoms. The first-order valence-corrected chi connectivity index (χ1v) is 8.72. The lowest BCUT2D eigenvalue weighted by atomic mass is 10.3. The van der Waals surface area contributed by atoms with Gasteiger partial charge in [0.25, 0.3) is 0 Å². The molecule has 4 rings (SSSR count). The van der Waals surface area contributed by atoms with Crippen LogP contribution in [-0.4, -0.2) is 43.6 Å². The van der Waals surface area contributed by atoms with Gasteiger partial charge in [-0.1, -0.05) is 17.8 Å². The van der Waals surface area contributed by atoms with Crippen molar-refractivity contribution in [3.8, 4) is 17.2 Å². The highest BCUT2D eigenvalue weighted by molar-refractivity contribution is 7.99. The largest absolute Gasteiger partial charge is 0.454 e. The maximum atomic E-state index is 12.1. The Morgan fingerprint density at radius 3 is 3.04 bits per heavy atom. The maximum absolute atomic E-state index is 12.1. The fourth-order valence-corrected chi connectivity index (χ4v) is 3.06. The average molecular weight is 370 g/mol. The summed E-state index contributed by atoms with van der Waals surface area (Å²) < 4.78 is 12.2. The summed E-state index contributed by atoms with van der Waals surface area (Å²) in [4.78, 5) is 16.4. The smallest absolute Gasteiger partial charge is 0.236 e. The van der Waals surface area contributed by atoms with Crippen LogP contribution in [0.3, 0.4) is 0 Å². The zero-order valence-electron chi connectivity index (χ0n) is 13.7. The number of tetrazole rings is 1. The number of pyridine rings is 1. The molecule has 10 heteroatoms. The van der Waals surface area contributed by atoms with Crippen LogP contribution in [0, 0.1) is 6.92 Å². The first-order chi connectivity index (χ1) is 12.7. The number of anilines is 1. The van der Waals surface area contributed by atoms with Gasteiger partial charge < -0.3 is 14.8 Å². The number of rotatable bonds is 5. The number of nitrogens with one attached hydrogen (secondary N) is 1. The second kappa shape index (κ2) is 7.00. The fourth-order valence-electron chi connectivity index (χ4n) is 2.37. The molecule has 0 unspecified atom stereocenters. The SMILES string of the molecule is Cc1cccc(NC(=O)CSc2nnnn2-c2ccc3c(c2)OCO3)n1. The summed E-state index contributed by atoms with van der Waals surface area (Å²) in [6, 6.07) is 10.9. The van der Waals surface area contributed by atoms with Crippen LogP contribution in [0.5, 0.6) is 11.5 Å². The van der Waals surface area contributed by atoms with Crippen molar-refractivity contribution in [2.45, 2.75) is 12.1 Å². The van der Waals surface area contributed by atoms with Crippen LogP contribution in [0.4, 0.5) is 5.82 Å². The number of carbonyl (C=O) groups is 1. The summed E-state index contributed by atoms with van der Waals surface area (Å²) in [6.45, 7) is 2.06. The van der Waals surface area contributed by atoms with Gasteiger partial charge in [0.1, 0.15) is 5.82 Å². The second-order valence-corrected chi connectivity index (χ2v) is 6.35. The fraction of sp³-hybridized carbons (Fsp3) is 0.188. The van der Waals surface area contributed by atoms with E-state index in [1.807, 2.05) is 25.1 Å². The van der Waals surface area contributed by atoms with Crippen LogP contribution >= 0.6 is 11.8 Å². The number of carbonyl (C=O) groups excluding carboxylic acids is 1. The maximum Gasteiger partial charge on any atom is 0.236 e. The lowest BCUT2D eigenvalue weighted by Gasteiger charge is -2.06. The first kappa shape index (κ1) is 16.3. The van der Waals surface area contributed by atoms with Gasteiger partial charge in [0.2, 0.25) is 17.9 Å². The molecule has 2 aromatic heterocycles. The summed E-state index contributed by atoms with van der Waals surface area (Å²) in [7, 11) is 0. The third kappa shape index (κ3) is 3.45. The lowest BCUT2D eigenvalue weighted by molar-refractivity contribution is -0.113. The number of ether oxygens (including phenoxy) is 2. The molecule has 0 saturated carbocycles. The lowest BCUT2D eigenvalue weighted by Crippen LogP contribution is -2.15. The van der Waals surface area contributed by atoms with Crippen molar-refractivity contribution < 1.29 is 14.3 Å². The Morgan fingerprint density at radius 1 is 1.27 bits per heavy atom.